The van der Waals surface area contributed by atoms with Crippen LogP contribution >= 0.6 is 0 Å². The zero-order valence-electron chi connectivity index (χ0n) is 11.1. The van der Waals surface area contributed by atoms with Gasteiger partial charge in [0.1, 0.15) is 5.69 Å². The molecule has 0 aliphatic rings. The summed E-state index contributed by atoms with van der Waals surface area (Å²) in [5, 5.41) is 2.51. The van der Waals surface area contributed by atoms with Crippen molar-refractivity contribution < 1.29 is 9.59 Å². The van der Waals surface area contributed by atoms with E-state index in [1.165, 1.54) is 4.90 Å². The largest absolute Gasteiger partial charge is 0.397 e. The van der Waals surface area contributed by atoms with Crippen LogP contribution in [0.4, 0.5) is 5.69 Å². The molecule has 0 unspecified atom stereocenters. The fourth-order valence-electron chi connectivity index (χ4n) is 1.72. The Kier molecular flexibility index (Phi) is 4.76. The normalized spacial score (nSPS) is 10.2. The highest BCUT2D eigenvalue weighted by atomic mass is 16.2. The zero-order chi connectivity index (χ0) is 13.7. The van der Waals surface area contributed by atoms with Crippen LogP contribution < -0.4 is 11.1 Å². The van der Waals surface area contributed by atoms with E-state index in [0.717, 1.165) is 0 Å². The molecule has 3 N–H and O–H groups in total. The number of hydrogen-bond acceptors (Lipinski definition) is 3. The predicted molar refractivity (Wildman–Crippen MR) is 70.2 cm³/mol. The van der Waals surface area contributed by atoms with Gasteiger partial charge in [-0.2, -0.15) is 0 Å². The standard InChI is InChI=1S/C12H20N4O2/c1-4-15-7-9(13)6-10(15)12(18)16(5-2)8-11(17)14-3/h6-7H,4-5,8,13H2,1-3H3,(H,14,17). The second kappa shape index (κ2) is 6.09. The molecule has 2 amide bonds. The third kappa shape index (κ3) is 3.03. The zero-order valence-corrected chi connectivity index (χ0v) is 11.1. The Morgan fingerprint density at radius 2 is 2.11 bits per heavy atom. The van der Waals surface area contributed by atoms with Crippen LogP contribution in [0.25, 0.3) is 0 Å². The summed E-state index contributed by atoms with van der Waals surface area (Å²) < 4.78 is 1.78. The fraction of sp³-hybridized carbons (Fsp3) is 0.500. The molecule has 0 bridgehead atoms. The highest BCUT2D eigenvalue weighted by Crippen LogP contribution is 2.13. The first-order valence-corrected chi connectivity index (χ1v) is 5.98. The average Bonchev–Trinajstić information content (AvgIpc) is 2.75. The van der Waals surface area contributed by atoms with Crippen molar-refractivity contribution in [3.05, 3.63) is 18.0 Å². The number of nitrogens with zero attached hydrogens (tertiary/aromatic N) is 2. The molecule has 1 aromatic rings. The number of hydrogen-bond donors (Lipinski definition) is 2. The van der Waals surface area contributed by atoms with Crippen LogP contribution in [0.5, 0.6) is 0 Å². The minimum atomic E-state index is -0.187. The Bertz CT molecular complexity index is 439. The minimum Gasteiger partial charge on any atom is -0.397 e. The number of carbonyl (C=O) groups excluding carboxylic acids is 2. The van der Waals surface area contributed by atoms with E-state index in [-0.39, 0.29) is 18.4 Å². The molecule has 100 valence electrons. The quantitative estimate of drug-likeness (QED) is 0.791. The Hall–Kier alpha value is -1.98. The summed E-state index contributed by atoms with van der Waals surface area (Å²) in [7, 11) is 1.55. The average molecular weight is 252 g/mol. The maximum atomic E-state index is 12.3. The maximum Gasteiger partial charge on any atom is 0.271 e. The Balaban J connectivity index is 2.92. The topological polar surface area (TPSA) is 80.4 Å². The van der Waals surface area contributed by atoms with Crippen molar-refractivity contribution in [3.8, 4) is 0 Å². The lowest BCUT2D eigenvalue weighted by Gasteiger charge is -2.20. The number of aryl methyl sites for hydroxylation is 1. The first-order valence-electron chi connectivity index (χ1n) is 5.98. The molecule has 1 heterocycles. The van der Waals surface area contributed by atoms with Crippen LogP contribution in [0.3, 0.4) is 0 Å². The summed E-state index contributed by atoms with van der Waals surface area (Å²) in [5.41, 5.74) is 6.76. The molecular formula is C12H20N4O2. The Morgan fingerprint density at radius 1 is 1.44 bits per heavy atom. The molecule has 0 aliphatic carbocycles. The molecule has 0 aromatic carbocycles. The molecule has 0 radical (unpaired) electrons. The van der Waals surface area contributed by atoms with Gasteiger partial charge in [0.25, 0.3) is 5.91 Å². The lowest BCUT2D eigenvalue weighted by atomic mass is 10.3. The van der Waals surface area contributed by atoms with Gasteiger partial charge >= 0.3 is 0 Å². The van der Waals surface area contributed by atoms with Gasteiger partial charge in [0.2, 0.25) is 5.91 Å². The van der Waals surface area contributed by atoms with Gasteiger partial charge in [-0.3, -0.25) is 9.59 Å². The summed E-state index contributed by atoms with van der Waals surface area (Å²) in [6.45, 7) is 4.96. The van der Waals surface area contributed by atoms with E-state index in [4.69, 9.17) is 5.73 Å². The van der Waals surface area contributed by atoms with E-state index in [9.17, 15) is 9.59 Å². The monoisotopic (exact) mass is 252 g/mol. The first-order chi connectivity index (χ1) is 8.53. The van der Waals surface area contributed by atoms with Gasteiger partial charge < -0.3 is 20.5 Å². The van der Waals surface area contributed by atoms with Crippen molar-refractivity contribution >= 4 is 17.5 Å². The van der Waals surface area contributed by atoms with Crippen molar-refractivity contribution in [1.82, 2.24) is 14.8 Å². The van der Waals surface area contributed by atoms with E-state index < -0.39 is 0 Å². The summed E-state index contributed by atoms with van der Waals surface area (Å²) in [5.74, 6) is -0.368. The number of likely N-dealkylation sites (N-methyl/N-ethyl adjacent to an activating group) is 2. The maximum absolute atomic E-state index is 12.3. The van der Waals surface area contributed by atoms with Crippen molar-refractivity contribution in [3.63, 3.8) is 0 Å². The molecule has 6 heteroatoms. The first kappa shape index (κ1) is 14.1. The molecular weight excluding hydrogens is 232 g/mol. The van der Waals surface area contributed by atoms with Crippen molar-refractivity contribution in [2.75, 3.05) is 25.9 Å². The summed E-state index contributed by atoms with van der Waals surface area (Å²) in [6.07, 6.45) is 1.72. The van der Waals surface area contributed by atoms with Gasteiger partial charge in [0.05, 0.1) is 12.2 Å². The van der Waals surface area contributed by atoms with E-state index in [1.807, 2.05) is 13.8 Å². The van der Waals surface area contributed by atoms with E-state index in [1.54, 1.807) is 23.9 Å². The number of carbonyl (C=O) groups is 2. The van der Waals surface area contributed by atoms with Gasteiger partial charge in [-0.1, -0.05) is 0 Å². The molecule has 0 spiro atoms. The predicted octanol–water partition coefficient (Wildman–Crippen LogP) is 0.298. The highest BCUT2D eigenvalue weighted by Gasteiger charge is 2.20. The molecule has 0 atom stereocenters. The lowest BCUT2D eigenvalue weighted by Crippen LogP contribution is -2.40. The number of aromatic nitrogens is 1. The molecule has 0 saturated carbocycles. The third-order valence-electron chi connectivity index (χ3n) is 2.76. The van der Waals surface area contributed by atoms with Gasteiger partial charge in [-0.25, -0.2) is 0 Å². The third-order valence-corrected chi connectivity index (χ3v) is 2.76. The van der Waals surface area contributed by atoms with Crippen LogP contribution in [0.15, 0.2) is 12.3 Å². The van der Waals surface area contributed by atoms with E-state index in [2.05, 4.69) is 5.32 Å². The van der Waals surface area contributed by atoms with Gasteiger partial charge in [0, 0.05) is 26.3 Å². The van der Waals surface area contributed by atoms with E-state index >= 15 is 0 Å². The van der Waals surface area contributed by atoms with Crippen LogP contribution in [-0.2, 0) is 11.3 Å². The highest BCUT2D eigenvalue weighted by molar-refractivity contribution is 5.96. The van der Waals surface area contributed by atoms with Gasteiger partial charge in [0.15, 0.2) is 0 Å². The summed E-state index contributed by atoms with van der Waals surface area (Å²) in [6, 6.07) is 1.64. The number of rotatable bonds is 5. The molecule has 1 aromatic heterocycles. The van der Waals surface area contributed by atoms with Crippen LogP contribution in [0.1, 0.15) is 24.3 Å². The number of nitrogen functional groups attached to an aromatic ring is 1. The van der Waals surface area contributed by atoms with Gasteiger partial charge in [-0.05, 0) is 19.9 Å². The molecule has 6 nitrogen and oxygen atoms in total. The number of nitrogens with one attached hydrogen (secondary N) is 1. The molecule has 1 rings (SSSR count). The summed E-state index contributed by atoms with van der Waals surface area (Å²) in [4.78, 5) is 25.1. The minimum absolute atomic E-state index is 0.0562. The Morgan fingerprint density at radius 3 is 2.61 bits per heavy atom. The molecule has 0 aliphatic heterocycles. The molecule has 18 heavy (non-hydrogen) atoms. The molecule has 0 saturated heterocycles. The van der Waals surface area contributed by atoms with Crippen molar-refractivity contribution in [1.29, 1.82) is 0 Å². The second-order valence-corrected chi connectivity index (χ2v) is 3.94. The smallest absolute Gasteiger partial charge is 0.271 e. The second-order valence-electron chi connectivity index (χ2n) is 3.94. The van der Waals surface area contributed by atoms with Crippen molar-refractivity contribution in [2.45, 2.75) is 20.4 Å². The van der Waals surface area contributed by atoms with Crippen LogP contribution in [-0.4, -0.2) is 41.4 Å². The van der Waals surface area contributed by atoms with Crippen molar-refractivity contribution in [2.24, 2.45) is 0 Å². The fourth-order valence-corrected chi connectivity index (χ4v) is 1.72. The summed E-state index contributed by atoms with van der Waals surface area (Å²) >= 11 is 0. The van der Waals surface area contributed by atoms with Crippen LogP contribution in [0, 0.1) is 0 Å². The van der Waals surface area contributed by atoms with Crippen LogP contribution in [0.2, 0.25) is 0 Å². The number of amides is 2. The van der Waals surface area contributed by atoms with E-state index in [0.29, 0.717) is 24.5 Å². The van der Waals surface area contributed by atoms with Gasteiger partial charge in [-0.15, -0.1) is 0 Å². The Labute approximate surface area is 107 Å². The lowest BCUT2D eigenvalue weighted by molar-refractivity contribution is -0.121. The number of anilines is 1. The SMILES string of the molecule is CCN(CC(=O)NC)C(=O)c1cc(N)cn1CC. The molecule has 0 fully saturated rings. The number of nitrogens with two attached hydrogens (primary N) is 1.